The number of hydrogen-bond acceptors (Lipinski definition) is 1. The highest BCUT2D eigenvalue weighted by Gasteiger charge is 2.16. The zero-order valence-electron chi connectivity index (χ0n) is 20.8. The average molecular weight is 473 g/mol. The predicted molar refractivity (Wildman–Crippen MR) is 157 cm³/mol. The molecule has 1 aliphatic carbocycles. The molecule has 0 spiro atoms. The summed E-state index contributed by atoms with van der Waals surface area (Å²) in [5.74, 6) is 0. The van der Waals surface area contributed by atoms with Crippen LogP contribution in [0.2, 0.25) is 0 Å². The molecule has 0 amide bonds. The molecule has 1 heterocycles. The first kappa shape index (κ1) is 23.3. The first-order valence-electron chi connectivity index (χ1n) is 12.6. The van der Waals surface area contributed by atoms with Crippen LogP contribution >= 0.6 is 11.3 Å². The van der Waals surface area contributed by atoms with Crippen molar-refractivity contribution in [2.75, 3.05) is 0 Å². The number of hydrogen-bond donors (Lipinski definition) is 0. The molecule has 0 unspecified atom stereocenters. The minimum absolute atomic E-state index is 1.06. The van der Waals surface area contributed by atoms with Crippen molar-refractivity contribution < 1.29 is 0 Å². The van der Waals surface area contributed by atoms with Gasteiger partial charge in [0.2, 0.25) is 0 Å². The van der Waals surface area contributed by atoms with Gasteiger partial charge in [-0.15, -0.1) is 11.3 Å². The molecule has 3 aromatic carbocycles. The zero-order chi connectivity index (χ0) is 24.2. The van der Waals surface area contributed by atoms with Crippen LogP contribution in [0.1, 0.15) is 46.9 Å². The Morgan fingerprint density at radius 2 is 1.66 bits per heavy atom. The standard InChI is InChI=1S/C34H32S/c1-4-5-6-7-8-9-15-26-22-34-32(29-17-12-13-18-33(29)35-34)23-31(26)27-20-19-25(3)30(21-27)28-16-11-10-14-24(28)2/h5-12,14-17,19-23H,4,13,18H2,1-3H3/b6-5+,8-7-,15-9-. The SMILES string of the molecule is CC/C=C/C=C\C=C/c1cc2sc3c(c2cc1-c1ccc(C)c(-c2ccccc2C)c1)C=CCC3. The molecule has 1 aromatic heterocycles. The quantitative estimate of drug-likeness (QED) is 0.245. The van der Waals surface area contributed by atoms with Crippen molar-refractivity contribution >= 4 is 33.6 Å². The molecule has 0 saturated heterocycles. The van der Waals surface area contributed by atoms with E-state index in [-0.39, 0.29) is 0 Å². The van der Waals surface area contributed by atoms with E-state index in [2.05, 4.69) is 124 Å². The molecule has 4 aromatic rings. The van der Waals surface area contributed by atoms with E-state index in [4.69, 9.17) is 0 Å². The zero-order valence-corrected chi connectivity index (χ0v) is 21.7. The second-order valence-electron chi connectivity index (χ2n) is 9.24. The van der Waals surface area contributed by atoms with E-state index < -0.39 is 0 Å². The van der Waals surface area contributed by atoms with Crippen molar-refractivity contribution in [1.29, 1.82) is 0 Å². The highest BCUT2D eigenvalue weighted by Crippen LogP contribution is 2.41. The van der Waals surface area contributed by atoms with E-state index in [1.165, 1.54) is 59.5 Å². The number of thiophene rings is 1. The monoisotopic (exact) mass is 472 g/mol. The van der Waals surface area contributed by atoms with Crippen molar-refractivity contribution in [3.63, 3.8) is 0 Å². The minimum atomic E-state index is 1.06. The van der Waals surface area contributed by atoms with Gasteiger partial charge < -0.3 is 0 Å². The first-order chi connectivity index (χ1) is 17.2. The smallest absolute Gasteiger partial charge is 0.0358 e. The number of rotatable bonds is 6. The van der Waals surface area contributed by atoms with Crippen LogP contribution in [0.5, 0.6) is 0 Å². The minimum Gasteiger partial charge on any atom is -0.140 e. The molecule has 174 valence electrons. The highest BCUT2D eigenvalue weighted by molar-refractivity contribution is 7.19. The van der Waals surface area contributed by atoms with Crippen LogP contribution in [0, 0.1) is 13.8 Å². The van der Waals surface area contributed by atoms with Crippen LogP contribution in [0.4, 0.5) is 0 Å². The topological polar surface area (TPSA) is 0 Å². The molecule has 0 atom stereocenters. The average Bonchev–Trinajstić information content (AvgIpc) is 3.24. The van der Waals surface area contributed by atoms with E-state index in [0.717, 1.165) is 19.3 Å². The summed E-state index contributed by atoms with van der Waals surface area (Å²) in [6.45, 7) is 6.57. The molecule has 5 rings (SSSR count). The third-order valence-corrected chi connectivity index (χ3v) is 7.99. The van der Waals surface area contributed by atoms with Crippen LogP contribution < -0.4 is 0 Å². The van der Waals surface area contributed by atoms with Gasteiger partial charge in [0, 0.05) is 15.0 Å². The fourth-order valence-corrected chi connectivity index (χ4v) is 6.10. The number of fused-ring (bicyclic) bond motifs is 3. The predicted octanol–water partition coefficient (Wildman–Crippen LogP) is 10.3. The second kappa shape index (κ2) is 10.5. The van der Waals surface area contributed by atoms with Gasteiger partial charge in [-0.1, -0.05) is 91.9 Å². The van der Waals surface area contributed by atoms with Gasteiger partial charge in [0.05, 0.1) is 0 Å². The summed E-state index contributed by atoms with van der Waals surface area (Å²) in [6.07, 6.45) is 20.9. The number of allylic oxidation sites excluding steroid dienone is 6. The van der Waals surface area contributed by atoms with Gasteiger partial charge in [0.25, 0.3) is 0 Å². The lowest BCUT2D eigenvalue weighted by Gasteiger charge is -2.14. The fraction of sp³-hybridized carbons (Fsp3) is 0.176. The van der Waals surface area contributed by atoms with Gasteiger partial charge in [0.1, 0.15) is 0 Å². The lowest BCUT2D eigenvalue weighted by Crippen LogP contribution is -1.91. The Balaban J connectivity index is 1.67. The molecular formula is C34H32S. The van der Waals surface area contributed by atoms with Gasteiger partial charge >= 0.3 is 0 Å². The summed E-state index contributed by atoms with van der Waals surface area (Å²) in [5, 5.41) is 1.38. The Kier molecular flexibility index (Phi) is 6.97. The number of benzene rings is 3. The fourth-order valence-electron chi connectivity index (χ4n) is 4.86. The van der Waals surface area contributed by atoms with Crippen LogP contribution in [0.25, 0.3) is 44.5 Å². The second-order valence-corrected chi connectivity index (χ2v) is 10.4. The van der Waals surface area contributed by atoms with Crippen molar-refractivity contribution in [3.8, 4) is 22.3 Å². The Hall–Kier alpha value is -3.42. The third kappa shape index (κ3) is 4.88. The summed E-state index contributed by atoms with van der Waals surface area (Å²) in [5.41, 5.74) is 10.5. The molecule has 0 fully saturated rings. The summed E-state index contributed by atoms with van der Waals surface area (Å²) in [7, 11) is 0. The number of aryl methyl sites for hydroxylation is 3. The Bertz CT molecular complexity index is 1490. The highest BCUT2D eigenvalue weighted by atomic mass is 32.1. The summed E-state index contributed by atoms with van der Waals surface area (Å²) >= 11 is 1.96. The lowest BCUT2D eigenvalue weighted by molar-refractivity contribution is 1.02. The molecule has 0 nitrogen and oxygen atoms in total. The maximum atomic E-state index is 2.42. The molecule has 35 heavy (non-hydrogen) atoms. The van der Waals surface area contributed by atoms with Crippen LogP contribution in [-0.4, -0.2) is 0 Å². The molecule has 1 aliphatic rings. The summed E-state index contributed by atoms with van der Waals surface area (Å²) in [4.78, 5) is 1.52. The van der Waals surface area contributed by atoms with Gasteiger partial charge in [-0.3, -0.25) is 0 Å². The van der Waals surface area contributed by atoms with Crippen molar-refractivity contribution in [3.05, 3.63) is 118 Å². The Morgan fingerprint density at radius 1 is 0.829 bits per heavy atom. The van der Waals surface area contributed by atoms with E-state index in [9.17, 15) is 0 Å². The van der Waals surface area contributed by atoms with Crippen molar-refractivity contribution in [2.24, 2.45) is 0 Å². The van der Waals surface area contributed by atoms with E-state index in [1.807, 2.05) is 11.3 Å². The third-order valence-electron chi connectivity index (χ3n) is 6.76. The van der Waals surface area contributed by atoms with Crippen LogP contribution in [-0.2, 0) is 6.42 Å². The van der Waals surface area contributed by atoms with Crippen LogP contribution in [0.15, 0.2) is 91.1 Å². The molecule has 0 N–H and O–H groups in total. The van der Waals surface area contributed by atoms with Gasteiger partial charge in [-0.05, 0) is 95.8 Å². The van der Waals surface area contributed by atoms with Gasteiger partial charge in [-0.25, -0.2) is 0 Å². The molecule has 1 heteroatoms. The van der Waals surface area contributed by atoms with E-state index >= 15 is 0 Å². The summed E-state index contributed by atoms with van der Waals surface area (Å²) in [6, 6.07) is 20.4. The Morgan fingerprint density at radius 3 is 2.51 bits per heavy atom. The molecular weight excluding hydrogens is 440 g/mol. The first-order valence-corrected chi connectivity index (χ1v) is 13.4. The Labute approximate surface area is 213 Å². The van der Waals surface area contributed by atoms with Crippen LogP contribution in [0.3, 0.4) is 0 Å². The molecule has 0 aliphatic heterocycles. The van der Waals surface area contributed by atoms with Crippen molar-refractivity contribution in [2.45, 2.75) is 40.0 Å². The molecule has 0 saturated carbocycles. The lowest BCUT2D eigenvalue weighted by atomic mass is 9.90. The molecule has 0 radical (unpaired) electrons. The van der Waals surface area contributed by atoms with E-state index in [1.54, 1.807) is 0 Å². The van der Waals surface area contributed by atoms with Gasteiger partial charge in [0.15, 0.2) is 0 Å². The molecule has 0 bridgehead atoms. The van der Waals surface area contributed by atoms with E-state index in [0.29, 0.717) is 0 Å². The summed E-state index contributed by atoms with van der Waals surface area (Å²) < 4.78 is 1.38. The van der Waals surface area contributed by atoms with Gasteiger partial charge in [-0.2, -0.15) is 0 Å². The normalized spacial score (nSPS) is 13.6. The maximum absolute atomic E-state index is 2.42. The largest absolute Gasteiger partial charge is 0.140 e. The maximum Gasteiger partial charge on any atom is 0.0358 e. The van der Waals surface area contributed by atoms with Crippen molar-refractivity contribution in [1.82, 2.24) is 0 Å².